The highest BCUT2D eigenvalue weighted by atomic mass is 19.1. The first-order valence-electron chi connectivity index (χ1n) is 8.60. The Bertz CT molecular complexity index is 1080. The van der Waals surface area contributed by atoms with E-state index in [4.69, 9.17) is 4.74 Å². The quantitative estimate of drug-likeness (QED) is 0.469. The summed E-state index contributed by atoms with van der Waals surface area (Å²) in [6, 6.07) is 14.3. The van der Waals surface area contributed by atoms with E-state index in [1.54, 1.807) is 37.3 Å². The molecule has 0 aliphatic carbocycles. The molecule has 8 heteroatoms. The molecule has 0 bridgehead atoms. The Morgan fingerprint density at radius 1 is 1.17 bits per heavy atom. The number of phenolic OH excluding ortho intramolecular Hbond substituents is 1. The van der Waals surface area contributed by atoms with Crippen LogP contribution < -0.4 is 10.1 Å². The zero-order valence-electron chi connectivity index (χ0n) is 15.4. The number of phenols is 1. The van der Waals surface area contributed by atoms with Crippen molar-refractivity contribution in [1.82, 2.24) is 0 Å². The van der Waals surface area contributed by atoms with Crippen LogP contribution >= 0.6 is 0 Å². The molecule has 7 nitrogen and oxygen atoms in total. The molecule has 0 spiro atoms. The Kier molecular flexibility index (Phi) is 5.73. The number of rotatable bonds is 6. The van der Waals surface area contributed by atoms with Gasteiger partial charge < -0.3 is 15.2 Å². The third kappa shape index (κ3) is 4.86. The van der Waals surface area contributed by atoms with Crippen LogP contribution in [0.25, 0.3) is 0 Å². The van der Waals surface area contributed by atoms with Crippen LogP contribution in [0, 0.1) is 22.9 Å². The fourth-order valence-electron chi connectivity index (χ4n) is 2.71. The average Bonchev–Trinajstić information content (AvgIpc) is 2.68. The Hall–Kier alpha value is -3.94. The highest BCUT2D eigenvalue weighted by Gasteiger charge is 2.21. The SMILES string of the molecule is Cc1cc(OCc2cccc(F)c2)ccc1NC(=O)c1ccc(O)cc1[N+](=O)[O-]. The van der Waals surface area contributed by atoms with Gasteiger partial charge in [0.2, 0.25) is 0 Å². The number of amides is 1. The number of halogens is 1. The van der Waals surface area contributed by atoms with Gasteiger partial charge in [0.15, 0.2) is 0 Å². The molecule has 0 atom stereocenters. The molecular weight excluding hydrogens is 379 g/mol. The predicted octanol–water partition coefficient (Wildman–Crippen LogP) is 4.58. The van der Waals surface area contributed by atoms with Gasteiger partial charge in [-0.2, -0.15) is 0 Å². The Labute approximate surface area is 165 Å². The highest BCUT2D eigenvalue weighted by molar-refractivity contribution is 6.07. The van der Waals surface area contributed by atoms with Gasteiger partial charge in [-0.3, -0.25) is 14.9 Å². The molecular formula is C21H17FN2O5. The van der Waals surface area contributed by atoms with Gasteiger partial charge >= 0.3 is 0 Å². The number of nitro groups is 1. The fourth-order valence-corrected chi connectivity index (χ4v) is 2.71. The van der Waals surface area contributed by atoms with Crippen LogP contribution in [-0.4, -0.2) is 15.9 Å². The number of nitro benzene ring substituents is 1. The lowest BCUT2D eigenvalue weighted by atomic mass is 10.1. The molecule has 0 aliphatic rings. The van der Waals surface area contributed by atoms with E-state index >= 15 is 0 Å². The summed E-state index contributed by atoms with van der Waals surface area (Å²) >= 11 is 0. The van der Waals surface area contributed by atoms with E-state index in [1.165, 1.54) is 24.3 Å². The summed E-state index contributed by atoms with van der Waals surface area (Å²) in [5.74, 6) is -0.790. The van der Waals surface area contributed by atoms with Crippen molar-refractivity contribution < 1.29 is 24.0 Å². The van der Waals surface area contributed by atoms with Crippen molar-refractivity contribution in [2.75, 3.05) is 5.32 Å². The van der Waals surface area contributed by atoms with Crippen LogP contribution in [-0.2, 0) is 6.61 Å². The second kappa shape index (κ2) is 8.39. The number of hydrogen-bond donors (Lipinski definition) is 2. The molecule has 3 aromatic rings. The van der Waals surface area contributed by atoms with Crippen LogP contribution in [0.5, 0.6) is 11.5 Å². The van der Waals surface area contributed by atoms with Gasteiger partial charge in [-0.25, -0.2) is 4.39 Å². The summed E-state index contributed by atoms with van der Waals surface area (Å²) in [5, 5.41) is 23.2. The average molecular weight is 396 g/mol. The zero-order valence-corrected chi connectivity index (χ0v) is 15.4. The van der Waals surface area contributed by atoms with E-state index in [-0.39, 0.29) is 23.7 Å². The molecule has 0 saturated heterocycles. The summed E-state index contributed by atoms with van der Waals surface area (Å²) < 4.78 is 18.9. The van der Waals surface area contributed by atoms with Gasteiger partial charge in [-0.15, -0.1) is 0 Å². The molecule has 3 aromatic carbocycles. The molecule has 29 heavy (non-hydrogen) atoms. The first kappa shape index (κ1) is 19.8. The maximum Gasteiger partial charge on any atom is 0.285 e. The second-order valence-corrected chi connectivity index (χ2v) is 6.31. The number of nitrogens with zero attached hydrogens (tertiary/aromatic N) is 1. The van der Waals surface area contributed by atoms with Crippen molar-refractivity contribution in [2.45, 2.75) is 13.5 Å². The highest BCUT2D eigenvalue weighted by Crippen LogP contribution is 2.27. The first-order valence-corrected chi connectivity index (χ1v) is 8.60. The molecule has 1 amide bonds. The Morgan fingerprint density at radius 3 is 2.66 bits per heavy atom. The van der Waals surface area contributed by atoms with E-state index in [1.807, 2.05) is 0 Å². The van der Waals surface area contributed by atoms with Crippen molar-refractivity contribution in [2.24, 2.45) is 0 Å². The summed E-state index contributed by atoms with van der Waals surface area (Å²) in [5.41, 5.74) is 1.15. The maximum absolute atomic E-state index is 13.2. The number of carbonyl (C=O) groups excluding carboxylic acids is 1. The molecule has 0 heterocycles. The summed E-state index contributed by atoms with van der Waals surface area (Å²) in [6.07, 6.45) is 0. The molecule has 0 aliphatic heterocycles. The molecule has 2 N–H and O–H groups in total. The topological polar surface area (TPSA) is 102 Å². The van der Waals surface area contributed by atoms with Crippen molar-refractivity contribution in [3.63, 3.8) is 0 Å². The van der Waals surface area contributed by atoms with Gasteiger partial charge in [0.1, 0.15) is 29.5 Å². The number of aryl methyl sites for hydroxylation is 1. The van der Waals surface area contributed by atoms with E-state index in [0.717, 1.165) is 6.07 Å². The molecule has 0 radical (unpaired) electrons. The lowest BCUT2D eigenvalue weighted by Crippen LogP contribution is -2.14. The van der Waals surface area contributed by atoms with Crippen molar-refractivity contribution >= 4 is 17.3 Å². The van der Waals surface area contributed by atoms with Crippen LogP contribution in [0.15, 0.2) is 60.7 Å². The van der Waals surface area contributed by atoms with E-state index in [0.29, 0.717) is 22.6 Å². The zero-order chi connectivity index (χ0) is 21.0. The molecule has 0 unspecified atom stereocenters. The molecule has 0 saturated carbocycles. The standard InChI is InChI=1S/C21H17FN2O5/c1-13-9-17(29-12-14-3-2-4-15(22)10-14)6-8-19(13)23-21(26)18-7-5-16(25)11-20(18)24(27)28/h2-11,25H,12H2,1H3,(H,23,26). The van der Waals surface area contributed by atoms with Crippen molar-refractivity contribution in [3.05, 3.63) is 93.3 Å². The first-order chi connectivity index (χ1) is 13.8. The van der Waals surface area contributed by atoms with Crippen LogP contribution in [0.4, 0.5) is 15.8 Å². The monoisotopic (exact) mass is 396 g/mol. The van der Waals surface area contributed by atoms with Crippen LogP contribution in [0.1, 0.15) is 21.5 Å². The number of carbonyl (C=O) groups is 1. The molecule has 148 valence electrons. The summed E-state index contributed by atoms with van der Waals surface area (Å²) in [4.78, 5) is 22.9. The largest absolute Gasteiger partial charge is 0.508 e. The molecule has 0 fully saturated rings. The van der Waals surface area contributed by atoms with E-state index in [9.17, 15) is 24.4 Å². The van der Waals surface area contributed by atoms with Gasteiger partial charge in [-0.1, -0.05) is 12.1 Å². The number of nitrogens with one attached hydrogen (secondary N) is 1. The Balaban J connectivity index is 1.72. The van der Waals surface area contributed by atoms with Gasteiger partial charge in [0, 0.05) is 5.69 Å². The number of ether oxygens (including phenoxy) is 1. The number of benzene rings is 3. The van der Waals surface area contributed by atoms with Gasteiger partial charge in [0.25, 0.3) is 11.6 Å². The Morgan fingerprint density at radius 2 is 1.97 bits per heavy atom. The maximum atomic E-state index is 13.2. The molecule has 3 rings (SSSR count). The number of anilines is 1. The predicted molar refractivity (Wildman–Crippen MR) is 105 cm³/mol. The lowest BCUT2D eigenvalue weighted by Gasteiger charge is -2.12. The third-order valence-corrected chi connectivity index (χ3v) is 4.16. The second-order valence-electron chi connectivity index (χ2n) is 6.31. The van der Waals surface area contributed by atoms with Crippen molar-refractivity contribution in [1.29, 1.82) is 0 Å². The normalized spacial score (nSPS) is 10.4. The minimum atomic E-state index is -0.731. The van der Waals surface area contributed by atoms with Crippen LogP contribution in [0.3, 0.4) is 0 Å². The van der Waals surface area contributed by atoms with Crippen molar-refractivity contribution in [3.8, 4) is 11.5 Å². The minimum Gasteiger partial charge on any atom is -0.508 e. The minimum absolute atomic E-state index is 0.168. The van der Waals surface area contributed by atoms with Gasteiger partial charge in [0.05, 0.1) is 11.0 Å². The fraction of sp³-hybridized carbons (Fsp3) is 0.0952. The van der Waals surface area contributed by atoms with E-state index < -0.39 is 16.5 Å². The van der Waals surface area contributed by atoms with Crippen LogP contribution in [0.2, 0.25) is 0 Å². The summed E-state index contributed by atoms with van der Waals surface area (Å²) in [7, 11) is 0. The third-order valence-electron chi connectivity index (χ3n) is 4.16. The lowest BCUT2D eigenvalue weighted by molar-refractivity contribution is -0.385. The van der Waals surface area contributed by atoms with E-state index in [2.05, 4.69) is 5.32 Å². The van der Waals surface area contributed by atoms with Gasteiger partial charge in [-0.05, 0) is 60.5 Å². The number of aromatic hydroxyl groups is 1. The smallest absolute Gasteiger partial charge is 0.285 e. The molecule has 0 aromatic heterocycles. The summed E-state index contributed by atoms with van der Waals surface area (Å²) in [6.45, 7) is 1.93. The number of hydrogen-bond acceptors (Lipinski definition) is 5.